The summed E-state index contributed by atoms with van der Waals surface area (Å²) >= 11 is 0. The molecule has 0 aliphatic carbocycles. The summed E-state index contributed by atoms with van der Waals surface area (Å²) in [5.74, 6) is 0.951. The number of hydrogen-bond acceptors (Lipinski definition) is 3. The molecule has 5 heteroatoms. The molecule has 0 bridgehead atoms. The number of rotatable bonds is 4. The maximum Gasteiger partial charge on any atom is 0.151 e. The van der Waals surface area contributed by atoms with Crippen LogP contribution < -0.4 is 5.32 Å². The van der Waals surface area contributed by atoms with Crippen LogP contribution in [0.2, 0.25) is 0 Å². The number of nitrogens with one attached hydrogen (secondary N) is 1. The molecule has 2 aromatic rings. The van der Waals surface area contributed by atoms with E-state index in [4.69, 9.17) is 0 Å². The number of hydrogen-bond donors (Lipinski definition) is 1. The zero-order valence-electron chi connectivity index (χ0n) is 10.9. The summed E-state index contributed by atoms with van der Waals surface area (Å²) in [7, 11) is 1.96. The summed E-state index contributed by atoms with van der Waals surface area (Å²) < 4.78 is 3.84. The maximum absolute atomic E-state index is 4.46. The third-order valence-corrected chi connectivity index (χ3v) is 2.96. The Kier molecular flexibility index (Phi) is 3.17. The fourth-order valence-corrected chi connectivity index (χ4v) is 1.85. The van der Waals surface area contributed by atoms with Crippen molar-refractivity contribution in [3.63, 3.8) is 0 Å². The molecule has 92 valence electrons. The molecule has 0 amide bonds. The fourth-order valence-electron chi connectivity index (χ4n) is 1.85. The van der Waals surface area contributed by atoms with Crippen molar-refractivity contribution in [3.05, 3.63) is 29.2 Å². The first-order chi connectivity index (χ1) is 8.11. The van der Waals surface area contributed by atoms with Crippen LogP contribution in [0.1, 0.15) is 23.7 Å². The van der Waals surface area contributed by atoms with Gasteiger partial charge in [-0.1, -0.05) is 0 Å². The van der Waals surface area contributed by atoms with Crippen molar-refractivity contribution in [1.82, 2.24) is 19.6 Å². The normalized spacial score (nSPS) is 10.8. The SMILES string of the molecule is CCn1cc(C)c(NCc2c(C)cnn2C)n1. The van der Waals surface area contributed by atoms with Crippen molar-refractivity contribution >= 4 is 5.82 Å². The number of aryl methyl sites for hydroxylation is 4. The molecule has 2 heterocycles. The van der Waals surface area contributed by atoms with Crippen LogP contribution in [0.5, 0.6) is 0 Å². The molecule has 2 rings (SSSR count). The Hall–Kier alpha value is -1.78. The van der Waals surface area contributed by atoms with Crippen LogP contribution in [-0.4, -0.2) is 19.6 Å². The smallest absolute Gasteiger partial charge is 0.151 e. The standard InChI is InChI=1S/C12H19N5/c1-5-17-8-10(3)12(15-17)13-7-11-9(2)6-14-16(11)4/h6,8H,5,7H2,1-4H3,(H,13,15). The van der Waals surface area contributed by atoms with E-state index in [9.17, 15) is 0 Å². The molecule has 0 atom stereocenters. The predicted octanol–water partition coefficient (Wildman–Crippen LogP) is 1.87. The molecule has 0 aliphatic rings. The minimum absolute atomic E-state index is 0.754. The monoisotopic (exact) mass is 233 g/mol. The molecule has 0 fully saturated rings. The summed E-state index contributed by atoms with van der Waals surface area (Å²) in [6.07, 6.45) is 3.94. The molecule has 0 radical (unpaired) electrons. The highest BCUT2D eigenvalue weighted by molar-refractivity contribution is 5.42. The maximum atomic E-state index is 4.46. The molecule has 1 N–H and O–H groups in total. The summed E-state index contributed by atoms with van der Waals surface area (Å²) in [6.45, 7) is 7.87. The van der Waals surface area contributed by atoms with Crippen LogP contribution in [0, 0.1) is 13.8 Å². The lowest BCUT2D eigenvalue weighted by Gasteiger charge is -2.06. The third-order valence-electron chi connectivity index (χ3n) is 2.96. The Balaban J connectivity index is 2.09. The molecule has 0 spiro atoms. The molecule has 2 aromatic heterocycles. The quantitative estimate of drug-likeness (QED) is 0.877. The van der Waals surface area contributed by atoms with Crippen molar-refractivity contribution in [1.29, 1.82) is 0 Å². The van der Waals surface area contributed by atoms with E-state index in [1.165, 1.54) is 16.8 Å². The van der Waals surface area contributed by atoms with Gasteiger partial charge in [0, 0.05) is 25.4 Å². The van der Waals surface area contributed by atoms with Crippen LogP contribution >= 0.6 is 0 Å². The van der Waals surface area contributed by atoms with Gasteiger partial charge < -0.3 is 5.32 Å². The van der Waals surface area contributed by atoms with E-state index in [0.29, 0.717) is 0 Å². The predicted molar refractivity (Wildman–Crippen MR) is 67.9 cm³/mol. The van der Waals surface area contributed by atoms with Crippen molar-refractivity contribution < 1.29 is 0 Å². The van der Waals surface area contributed by atoms with Crippen LogP contribution in [0.4, 0.5) is 5.82 Å². The van der Waals surface area contributed by atoms with Gasteiger partial charge in [0.15, 0.2) is 5.82 Å². The minimum Gasteiger partial charge on any atom is -0.363 e. The van der Waals surface area contributed by atoms with Gasteiger partial charge in [0.1, 0.15) is 0 Å². The second-order valence-electron chi connectivity index (χ2n) is 4.27. The Morgan fingerprint density at radius 2 is 2.06 bits per heavy atom. The first kappa shape index (κ1) is 11.7. The summed E-state index contributed by atoms with van der Waals surface area (Å²) in [5, 5.41) is 12.0. The molecule has 0 unspecified atom stereocenters. The summed E-state index contributed by atoms with van der Waals surface area (Å²) in [5.41, 5.74) is 3.56. The Bertz CT molecular complexity index is 489. The van der Waals surface area contributed by atoms with Crippen LogP contribution in [-0.2, 0) is 20.1 Å². The van der Waals surface area contributed by atoms with Gasteiger partial charge in [0.25, 0.3) is 0 Å². The van der Waals surface area contributed by atoms with E-state index in [2.05, 4.69) is 42.5 Å². The van der Waals surface area contributed by atoms with E-state index in [1.54, 1.807) is 0 Å². The lowest BCUT2D eigenvalue weighted by molar-refractivity contribution is 0.659. The van der Waals surface area contributed by atoms with Crippen molar-refractivity contribution in [3.8, 4) is 0 Å². The molecule has 0 aliphatic heterocycles. The molecule has 5 nitrogen and oxygen atoms in total. The average Bonchev–Trinajstić information content (AvgIpc) is 2.81. The van der Waals surface area contributed by atoms with Crippen LogP contribution in [0.25, 0.3) is 0 Å². The zero-order valence-corrected chi connectivity index (χ0v) is 10.9. The van der Waals surface area contributed by atoms with E-state index in [1.807, 2.05) is 22.6 Å². The zero-order chi connectivity index (χ0) is 12.4. The van der Waals surface area contributed by atoms with Gasteiger partial charge >= 0.3 is 0 Å². The van der Waals surface area contributed by atoms with Gasteiger partial charge in [-0.3, -0.25) is 9.36 Å². The molecule has 17 heavy (non-hydrogen) atoms. The topological polar surface area (TPSA) is 47.7 Å². The van der Waals surface area contributed by atoms with Gasteiger partial charge in [-0.2, -0.15) is 10.2 Å². The van der Waals surface area contributed by atoms with E-state index in [0.717, 1.165) is 18.9 Å². The minimum atomic E-state index is 0.754. The van der Waals surface area contributed by atoms with Crippen molar-refractivity contribution in [2.45, 2.75) is 33.9 Å². The first-order valence-corrected chi connectivity index (χ1v) is 5.87. The lowest BCUT2D eigenvalue weighted by Crippen LogP contribution is -2.08. The van der Waals surface area contributed by atoms with Gasteiger partial charge in [0.05, 0.1) is 18.4 Å². The fraction of sp³-hybridized carbons (Fsp3) is 0.500. The molecular formula is C12H19N5. The molecule has 0 saturated carbocycles. The highest BCUT2D eigenvalue weighted by atomic mass is 15.3. The highest BCUT2D eigenvalue weighted by Crippen LogP contribution is 2.14. The summed E-state index contributed by atoms with van der Waals surface area (Å²) in [4.78, 5) is 0. The Morgan fingerprint density at radius 1 is 1.29 bits per heavy atom. The van der Waals surface area contributed by atoms with Gasteiger partial charge in [-0.15, -0.1) is 0 Å². The van der Waals surface area contributed by atoms with Gasteiger partial charge in [-0.25, -0.2) is 0 Å². The first-order valence-electron chi connectivity index (χ1n) is 5.87. The molecule has 0 aromatic carbocycles. The second-order valence-corrected chi connectivity index (χ2v) is 4.27. The Morgan fingerprint density at radius 3 is 2.59 bits per heavy atom. The van der Waals surface area contributed by atoms with Crippen LogP contribution in [0.3, 0.4) is 0 Å². The van der Waals surface area contributed by atoms with E-state index < -0.39 is 0 Å². The summed E-state index contributed by atoms with van der Waals surface area (Å²) in [6, 6.07) is 0. The molecule has 0 saturated heterocycles. The number of anilines is 1. The van der Waals surface area contributed by atoms with Crippen molar-refractivity contribution in [2.24, 2.45) is 7.05 Å². The highest BCUT2D eigenvalue weighted by Gasteiger charge is 2.07. The second kappa shape index (κ2) is 4.61. The van der Waals surface area contributed by atoms with E-state index in [-0.39, 0.29) is 0 Å². The lowest BCUT2D eigenvalue weighted by atomic mass is 10.2. The average molecular weight is 233 g/mol. The van der Waals surface area contributed by atoms with Gasteiger partial charge in [-0.05, 0) is 26.3 Å². The van der Waals surface area contributed by atoms with Gasteiger partial charge in [0.2, 0.25) is 0 Å². The Labute approximate surface area is 101 Å². The number of nitrogens with zero attached hydrogens (tertiary/aromatic N) is 4. The van der Waals surface area contributed by atoms with Crippen molar-refractivity contribution in [2.75, 3.05) is 5.32 Å². The largest absolute Gasteiger partial charge is 0.363 e. The number of aromatic nitrogens is 4. The third kappa shape index (κ3) is 2.33. The van der Waals surface area contributed by atoms with E-state index >= 15 is 0 Å². The van der Waals surface area contributed by atoms with Crippen LogP contribution in [0.15, 0.2) is 12.4 Å². The molecular weight excluding hydrogens is 214 g/mol.